The van der Waals surface area contributed by atoms with Crippen molar-refractivity contribution >= 4 is 0 Å². The predicted octanol–water partition coefficient (Wildman–Crippen LogP) is 2.16. The van der Waals surface area contributed by atoms with E-state index in [1.807, 2.05) is 0 Å². The minimum Gasteiger partial charge on any atom is -0.328 e. The first kappa shape index (κ1) is 8.06. The molecular weight excluding hydrogens is 122 g/mol. The number of hydrogen-bond acceptors (Lipinski definition) is 1. The molecule has 0 heterocycles. The Morgan fingerprint density at radius 1 is 1.30 bits per heavy atom. The van der Waals surface area contributed by atoms with E-state index in [-0.39, 0.29) is 0 Å². The summed E-state index contributed by atoms with van der Waals surface area (Å²) in [6, 6.07) is 0.464. The van der Waals surface area contributed by atoms with Crippen molar-refractivity contribution in [1.29, 1.82) is 0 Å². The second-order valence-corrected chi connectivity index (χ2v) is 4.43. The Bertz CT molecular complexity index is 118. The Balaban J connectivity index is 2.55. The van der Waals surface area contributed by atoms with E-state index in [4.69, 9.17) is 5.73 Å². The predicted molar refractivity (Wildman–Crippen MR) is 44.8 cm³/mol. The van der Waals surface area contributed by atoms with Gasteiger partial charge in [0.25, 0.3) is 0 Å². The Hall–Kier alpha value is -0.0400. The molecule has 2 unspecified atom stereocenters. The third-order valence-corrected chi connectivity index (χ3v) is 3.09. The summed E-state index contributed by atoms with van der Waals surface area (Å²) in [4.78, 5) is 0. The molecule has 0 aromatic heterocycles. The Labute approximate surface area is 64.0 Å². The van der Waals surface area contributed by atoms with E-state index in [0.717, 1.165) is 5.92 Å². The van der Waals surface area contributed by atoms with E-state index < -0.39 is 0 Å². The van der Waals surface area contributed by atoms with Gasteiger partial charge in [0.15, 0.2) is 0 Å². The van der Waals surface area contributed by atoms with Crippen molar-refractivity contribution in [3.05, 3.63) is 0 Å². The summed E-state index contributed by atoms with van der Waals surface area (Å²) in [5, 5.41) is 0. The van der Waals surface area contributed by atoms with Crippen LogP contribution in [0.2, 0.25) is 0 Å². The lowest BCUT2D eigenvalue weighted by atomic mass is 9.68. The van der Waals surface area contributed by atoms with Crippen LogP contribution in [0.4, 0.5) is 0 Å². The van der Waals surface area contributed by atoms with Crippen LogP contribution in [0.15, 0.2) is 0 Å². The molecule has 1 saturated carbocycles. The minimum atomic E-state index is 0.464. The molecule has 1 heteroatoms. The zero-order valence-electron chi connectivity index (χ0n) is 7.35. The number of hydrogen-bond donors (Lipinski definition) is 1. The van der Waals surface area contributed by atoms with Crippen LogP contribution in [0.1, 0.15) is 40.0 Å². The maximum atomic E-state index is 5.87. The van der Waals surface area contributed by atoms with Crippen LogP contribution in [-0.2, 0) is 0 Å². The maximum absolute atomic E-state index is 5.87. The monoisotopic (exact) mass is 141 g/mol. The second kappa shape index (κ2) is 2.54. The molecule has 0 bridgehead atoms. The Morgan fingerprint density at radius 3 is 2.30 bits per heavy atom. The third kappa shape index (κ3) is 1.51. The van der Waals surface area contributed by atoms with Crippen molar-refractivity contribution in [3.8, 4) is 0 Å². The Morgan fingerprint density at radius 2 is 1.90 bits per heavy atom. The molecule has 0 spiro atoms. The van der Waals surface area contributed by atoms with Gasteiger partial charge in [-0.2, -0.15) is 0 Å². The van der Waals surface area contributed by atoms with Crippen molar-refractivity contribution in [2.24, 2.45) is 17.1 Å². The van der Waals surface area contributed by atoms with Gasteiger partial charge in [0.1, 0.15) is 0 Å². The van der Waals surface area contributed by atoms with Crippen LogP contribution in [0, 0.1) is 11.3 Å². The molecule has 1 aliphatic carbocycles. The molecule has 0 aromatic carbocycles. The topological polar surface area (TPSA) is 26.0 Å². The quantitative estimate of drug-likeness (QED) is 0.549. The maximum Gasteiger partial charge on any atom is 0.00441 e. The van der Waals surface area contributed by atoms with Gasteiger partial charge in [-0.05, 0) is 30.6 Å². The number of nitrogens with two attached hydrogens (primary N) is 1. The molecule has 1 nitrogen and oxygen atoms in total. The molecule has 0 aromatic rings. The van der Waals surface area contributed by atoms with E-state index in [1.165, 1.54) is 19.3 Å². The van der Waals surface area contributed by atoms with Crippen molar-refractivity contribution in [3.63, 3.8) is 0 Å². The summed E-state index contributed by atoms with van der Waals surface area (Å²) in [7, 11) is 0. The molecule has 0 radical (unpaired) electrons. The highest BCUT2D eigenvalue weighted by Crippen LogP contribution is 2.39. The van der Waals surface area contributed by atoms with Crippen molar-refractivity contribution in [1.82, 2.24) is 0 Å². The summed E-state index contributed by atoms with van der Waals surface area (Å²) in [5.41, 5.74) is 6.36. The summed E-state index contributed by atoms with van der Waals surface area (Å²) in [5.74, 6) is 0.854. The fourth-order valence-corrected chi connectivity index (χ4v) is 1.83. The first-order valence-electron chi connectivity index (χ1n) is 4.28. The van der Waals surface area contributed by atoms with Gasteiger partial charge in [-0.3, -0.25) is 0 Å². The average molecular weight is 141 g/mol. The van der Waals surface area contributed by atoms with Crippen LogP contribution in [0.5, 0.6) is 0 Å². The summed E-state index contributed by atoms with van der Waals surface area (Å²) < 4.78 is 0. The van der Waals surface area contributed by atoms with Gasteiger partial charge >= 0.3 is 0 Å². The van der Waals surface area contributed by atoms with Crippen LogP contribution >= 0.6 is 0 Å². The van der Waals surface area contributed by atoms with Gasteiger partial charge in [-0.25, -0.2) is 0 Å². The van der Waals surface area contributed by atoms with Gasteiger partial charge in [0, 0.05) is 6.04 Å². The van der Waals surface area contributed by atoms with Gasteiger partial charge < -0.3 is 5.73 Å². The van der Waals surface area contributed by atoms with Crippen LogP contribution in [0.3, 0.4) is 0 Å². The molecule has 1 fully saturated rings. The highest BCUT2D eigenvalue weighted by atomic mass is 14.7. The lowest BCUT2D eigenvalue weighted by molar-refractivity contribution is 0.138. The SMILES string of the molecule is CC1CCC(N)CC1(C)C. The van der Waals surface area contributed by atoms with Crippen LogP contribution in [-0.4, -0.2) is 6.04 Å². The largest absolute Gasteiger partial charge is 0.328 e. The van der Waals surface area contributed by atoms with Crippen molar-refractivity contribution in [2.45, 2.75) is 46.1 Å². The molecule has 60 valence electrons. The van der Waals surface area contributed by atoms with Gasteiger partial charge in [-0.15, -0.1) is 0 Å². The van der Waals surface area contributed by atoms with Gasteiger partial charge in [0.05, 0.1) is 0 Å². The second-order valence-electron chi connectivity index (χ2n) is 4.43. The van der Waals surface area contributed by atoms with Crippen LogP contribution < -0.4 is 5.73 Å². The molecule has 0 aliphatic heterocycles. The summed E-state index contributed by atoms with van der Waals surface area (Å²) >= 11 is 0. The smallest absolute Gasteiger partial charge is 0.00441 e. The average Bonchev–Trinajstić information content (AvgIpc) is 1.78. The summed E-state index contributed by atoms with van der Waals surface area (Å²) in [6.45, 7) is 7.00. The van der Waals surface area contributed by atoms with E-state index in [2.05, 4.69) is 20.8 Å². The molecule has 1 aliphatic rings. The van der Waals surface area contributed by atoms with E-state index in [9.17, 15) is 0 Å². The molecule has 2 N–H and O–H groups in total. The van der Waals surface area contributed by atoms with Gasteiger partial charge in [-0.1, -0.05) is 20.8 Å². The summed E-state index contributed by atoms with van der Waals surface area (Å²) in [6.07, 6.45) is 3.74. The standard InChI is InChI=1S/C9H19N/c1-7-4-5-8(10)6-9(7,2)3/h7-8H,4-6,10H2,1-3H3. The van der Waals surface area contributed by atoms with Crippen molar-refractivity contribution in [2.75, 3.05) is 0 Å². The highest BCUT2D eigenvalue weighted by molar-refractivity contribution is 4.85. The Kier molecular flexibility index (Phi) is 2.04. The molecule has 2 atom stereocenters. The van der Waals surface area contributed by atoms with Gasteiger partial charge in [0.2, 0.25) is 0 Å². The molecule has 10 heavy (non-hydrogen) atoms. The lowest BCUT2D eigenvalue weighted by Crippen LogP contribution is -2.37. The molecule has 1 rings (SSSR count). The first-order valence-corrected chi connectivity index (χ1v) is 4.28. The molecular formula is C9H19N. The lowest BCUT2D eigenvalue weighted by Gasteiger charge is -2.39. The minimum absolute atomic E-state index is 0.464. The van der Waals surface area contributed by atoms with Crippen molar-refractivity contribution < 1.29 is 0 Å². The highest BCUT2D eigenvalue weighted by Gasteiger charge is 2.31. The molecule has 0 saturated heterocycles. The fraction of sp³-hybridized carbons (Fsp3) is 1.00. The zero-order valence-corrected chi connectivity index (χ0v) is 7.35. The number of rotatable bonds is 0. The fourth-order valence-electron chi connectivity index (χ4n) is 1.83. The molecule has 0 amide bonds. The zero-order chi connectivity index (χ0) is 7.78. The third-order valence-electron chi connectivity index (χ3n) is 3.09. The normalized spacial score (nSPS) is 39.6. The van der Waals surface area contributed by atoms with Crippen LogP contribution in [0.25, 0.3) is 0 Å². The first-order chi connectivity index (χ1) is 4.52. The van der Waals surface area contributed by atoms with E-state index in [0.29, 0.717) is 11.5 Å². The van der Waals surface area contributed by atoms with E-state index in [1.54, 1.807) is 0 Å². The van der Waals surface area contributed by atoms with E-state index >= 15 is 0 Å².